The zero-order valence-corrected chi connectivity index (χ0v) is 8.41. The summed E-state index contributed by atoms with van der Waals surface area (Å²) < 4.78 is 50.0. The molecular weight excluding hydrogens is 266 g/mol. The van der Waals surface area contributed by atoms with Crippen LogP contribution in [-0.4, -0.2) is 0 Å². The van der Waals surface area contributed by atoms with Crippen molar-refractivity contribution in [1.29, 1.82) is 0 Å². The molecule has 78 valence electrons. The third-order valence-corrected chi connectivity index (χ3v) is 2.31. The highest BCUT2D eigenvalue weighted by atomic mass is 79.9. The van der Waals surface area contributed by atoms with E-state index in [-0.39, 0.29) is 10.9 Å². The molecule has 14 heavy (non-hydrogen) atoms. The number of rotatable bonds is 1. The van der Waals surface area contributed by atoms with Crippen LogP contribution in [0.5, 0.6) is 0 Å². The topological polar surface area (TPSA) is 26.0 Å². The van der Waals surface area contributed by atoms with E-state index < -0.39 is 23.2 Å². The van der Waals surface area contributed by atoms with Crippen LogP contribution in [0.4, 0.5) is 23.2 Å². The van der Waals surface area contributed by atoms with Crippen LogP contribution in [0.15, 0.2) is 12.1 Å². The smallest absolute Gasteiger partial charge is 0.396 e. The molecule has 1 rings (SSSR count). The van der Waals surface area contributed by atoms with Crippen LogP contribution in [0.1, 0.15) is 11.1 Å². The Hall–Kier alpha value is -0.780. The van der Waals surface area contributed by atoms with Crippen LogP contribution >= 0.6 is 15.9 Å². The van der Waals surface area contributed by atoms with Gasteiger partial charge >= 0.3 is 6.18 Å². The number of halogens is 5. The second kappa shape index (κ2) is 3.76. The SMILES string of the molecule is Nc1c(F)ccc(CBr)c1C(F)(F)F. The first-order valence-electron chi connectivity index (χ1n) is 3.58. The van der Waals surface area contributed by atoms with Crippen molar-refractivity contribution >= 4 is 21.6 Å². The summed E-state index contributed by atoms with van der Waals surface area (Å²) >= 11 is 2.88. The average Bonchev–Trinajstić information content (AvgIpc) is 2.07. The monoisotopic (exact) mass is 271 g/mol. The van der Waals surface area contributed by atoms with E-state index in [1.807, 2.05) is 0 Å². The van der Waals surface area contributed by atoms with Crippen LogP contribution < -0.4 is 5.73 Å². The molecule has 0 aliphatic rings. The van der Waals surface area contributed by atoms with Crippen molar-refractivity contribution in [3.63, 3.8) is 0 Å². The fourth-order valence-corrected chi connectivity index (χ4v) is 1.55. The van der Waals surface area contributed by atoms with E-state index in [0.29, 0.717) is 0 Å². The Morgan fingerprint density at radius 1 is 1.29 bits per heavy atom. The van der Waals surface area contributed by atoms with E-state index in [1.54, 1.807) is 0 Å². The number of nitrogen functional groups attached to an aromatic ring is 1. The first-order chi connectivity index (χ1) is 6.38. The molecule has 0 radical (unpaired) electrons. The molecule has 0 saturated carbocycles. The predicted octanol–water partition coefficient (Wildman–Crippen LogP) is 3.32. The number of alkyl halides is 4. The lowest BCUT2D eigenvalue weighted by Crippen LogP contribution is -2.13. The summed E-state index contributed by atoms with van der Waals surface area (Å²) in [7, 11) is 0. The molecule has 0 saturated heterocycles. The summed E-state index contributed by atoms with van der Waals surface area (Å²) in [5, 5.41) is -0.0215. The van der Waals surface area contributed by atoms with Crippen molar-refractivity contribution in [2.45, 2.75) is 11.5 Å². The summed E-state index contributed by atoms with van der Waals surface area (Å²) in [4.78, 5) is 0. The van der Waals surface area contributed by atoms with Gasteiger partial charge in [-0.25, -0.2) is 4.39 Å². The van der Waals surface area contributed by atoms with Gasteiger partial charge in [0, 0.05) is 5.33 Å². The van der Waals surface area contributed by atoms with E-state index in [1.165, 1.54) is 0 Å². The Bertz CT molecular complexity index is 348. The van der Waals surface area contributed by atoms with Gasteiger partial charge in [0.25, 0.3) is 0 Å². The Morgan fingerprint density at radius 3 is 2.29 bits per heavy atom. The summed E-state index contributed by atoms with van der Waals surface area (Å²) in [6.45, 7) is 0. The van der Waals surface area contributed by atoms with Gasteiger partial charge in [-0.2, -0.15) is 13.2 Å². The molecule has 0 fully saturated rings. The second-order valence-corrected chi connectivity index (χ2v) is 3.19. The first-order valence-corrected chi connectivity index (χ1v) is 4.70. The molecule has 0 bridgehead atoms. The molecule has 1 aromatic rings. The molecule has 0 amide bonds. The van der Waals surface area contributed by atoms with Crippen molar-refractivity contribution in [3.05, 3.63) is 29.1 Å². The molecule has 1 nitrogen and oxygen atoms in total. The summed E-state index contributed by atoms with van der Waals surface area (Å²) in [5.41, 5.74) is 3.00. The lowest BCUT2D eigenvalue weighted by atomic mass is 10.1. The Kier molecular flexibility index (Phi) is 3.04. The molecule has 6 heteroatoms. The van der Waals surface area contributed by atoms with E-state index >= 15 is 0 Å². The van der Waals surface area contributed by atoms with Crippen molar-refractivity contribution in [2.75, 3.05) is 5.73 Å². The molecule has 0 aliphatic carbocycles. The molecule has 0 heterocycles. The van der Waals surface area contributed by atoms with E-state index in [4.69, 9.17) is 5.73 Å². The minimum Gasteiger partial charge on any atom is -0.396 e. The highest BCUT2D eigenvalue weighted by Gasteiger charge is 2.36. The minimum absolute atomic E-state index is 0.0215. The standard InChI is InChI=1S/C8H6BrF4N/c9-3-4-1-2-5(10)7(14)6(4)8(11,12)13/h1-2H,3,14H2. The largest absolute Gasteiger partial charge is 0.418 e. The van der Waals surface area contributed by atoms with Gasteiger partial charge in [-0.05, 0) is 11.6 Å². The summed E-state index contributed by atoms with van der Waals surface area (Å²) in [6.07, 6.45) is -4.63. The molecule has 0 atom stereocenters. The average molecular weight is 272 g/mol. The van der Waals surface area contributed by atoms with Crippen LogP contribution in [-0.2, 0) is 11.5 Å². The van der Waals surface area contributed by atoms with Crippen LogP contribution in [0.2, 0.25) is 0 Å². The molecule has 0 aliphatic heterocycles. The van der Waals surface area contributed by atoms with Gasteiger partial charge in [0.15, 0.2) is 0 Å². The van der Waals surface area contributed by atoms with Gasteiger partial charge in [0.05, 0.1) is 11.3 Å². The quantitative estimate of drug-likeness (QED) is 0.473. The number of nitrogens with two attached hydrogens (primary N) is 1. The van der Waals surface area contributed by atoms with E-state index in [0.717, 1.165) is 12.1 Å². The fourth-order valence-electron chi connectivity index (χ4n) is 1.09. The lowest BCUT2D eigenvalue weighted by molar-refractivity contribution is -0.137. The van der Waals surface area contributed by atoms with Gasteiger partial charge in [0.1, 0.15) is 5.82 Å². The van der Waals surface area contributed by atoms with Crippen LogP contribution in [0, 0.1) is 5.82 Å². The molecule has 0 spiro atoms. The van der Waals surface area contributed by atoms with Gasteiger partial charge in [-0.15, -0.1) is 0 Å². The van der Waals surface area contributed by atoms with Crippen LogP contribution in [0.3, 0.4) is 0 Å². The maximum absolute atomic E-state index is 12.8. The molecule has 0 aromatic heterocycles. The zero-order chi connectivity index (χ0) is 10.9. The molecule has 1 aromatic carbocycles. The maximum Gasteiger partial charge on any atom is 0.418 e. The van der Waals surface area contributed by atoms with Gasteiger partial charge in [-0.1, -0.05) is 22.0 Å². The first kappa shape index (κ1) is 11.3. The normalized spacial score (nSPS) is 11.8. The fraction of sp³-hybridized carbons (Fsp3) is 0.250. The van der Waals surface area contributed by atoms with Gasteiger partial charge < -0.3 is 5.73 Å². The zero-order valence-electron chi connectivity index (χ0n) is 6.83. The number of hydrogen-bond donors (Lipinski definition) is 1. The Labute approximate surface area is 86.0 Å². The summed E-state index contributed by atoms with van der Waals surface area (Å²) in [6, 6.07) is 1.98. The van der Waals surface area contributed by atoms with Gasteiger partial charge in [0.2, 0.25) is 0 Å². The number of benzene rings is 1. The Morgan fingerprint density at radius 2 is 1.86 bits per heavy atom. The van der Waals surface area contributed by atoms with Crippen molar-refractivity contribution in [1.82, 2.24) is 0 Å². The Balaban J connectivity index is 3.44. The van der Waals surface area contributed by atoms with Crippen molar-refractivity contribution in [2.24, 2.45) is 0 Å². The highest BCUT2D eigenvalue weighted by molar-refractivity contribution is 9.08. The highest BCUT2D eigenvalue weighted by Crippen LogP contribution is 2.38. The van der Waals surface area contributed by atoms with E-state index in [2.05, 4.69) is 15.9 Å². The third-order valence-electron chi connectivity index (χ3n) is 1.71. The molecule has 0 unspecified atom stereocenters. The molecule has 2 N–H and O–H groups in total. The predicted molar refractivity (Wildman–Crippen MR) is 48.4 cm³/mol. The maximum atomic E-state index is 12.8. The van der Waals surface area contributed by atoms with Crippen molar-refractivity contribution in [3.8, 4) is 0 Å². The second-order valence-electron chi connectivity index (χ2n) is 2.63. The van der Waals surface area contributed by atoms with Gasteiger partial charge in [-0.3, -0.25) is 0 Å². The molecular formula is C8H6BrF4N. The van der Waals surface area contributed by atoms with Crippen molar-refractivity contribution < 1.29 is 17.6 Å². The lowest BCUT2D eigenvalue weighted by Gasteiger charge is -2.14. The van der Waals surface area contributed by atoms with E-state index in [9.17, 15) is 17.6 Å². The minimum atomic E-state index is -4.63. The number of hydrogen-bond acceptors (Lipinski definition) is 1. The summed E-state index contributed by atoms with van der Waals surface area (Å²) in [5.74, 6) is -1.05. The van der Waals surface area contributed by atoms with Crippen LogP contribution in [0.25, 0.3) is 0 Å². The third kappa shape index (κ3) is 2.00. The number of anilines is 1.